The Kier molecular flexibility index (Phi) is 8.72. The smallest absolute Gasteiger partial charge is 0.283 e. The molecule has 2 rings (SSSR count). The standard InChI is InChI=1S/C18H26Cl2N4O5S/c1-3-21-8-10-23(11-9-21)18(25)14-12-16(22(6-4-19)7-5-20)17(30(2,28)29)13-15(14)24(26)27/h12-13H,3-11H2,1-2H3. The molecule has 0 N–H and O–H groups in total. The van der Waals surface area contributed by atoms with E-state index in [1.165, 1.54) is 6.07 Å². The summed E-state index contributed by atoms with van der Waals surface area (Å²) in [6, 6.07) is 2.26. The number of amides is 1. The Hall–Kier alpha value is -1.62. The molecule has 0 bridgehead atoms. The molecular weight excluding hydrogens is 455 g/mol. The van der Waals surface area contributed by atoms with Gasteiger partial charge in [-0.05, 0) is 12.6 Å². The van der Waals surface area contributed by atoms with Gasteiger partial charge in [-0.15, -0.1) is 23.2 Å². The Labute approximate surface area is 186 Å². The number of carbonyl (C=O) groups excluding carboxylic acids is 1. The predicted molar refractivity (Wildman–Crippen MR) is 118 cm³/mol. The number of benzene rings is 1. The van der Waals surface area contributed by atoms with Crippen LogP contribution in [0.5, 0.6) is 0 Å². The Morgan fingerprint density at radius 2 is 1.73 bits per heavy atom. The fourth-order valence-electron chi connectivity index (χ4n) is 3.42. The molecule has 1 aliphatic heterocycles. The van der Waals surface area contributed by atoms with Crippen LogP contribution in [0.15, 0.2) is 17.0 Å². The highest BCUT2D eigenvalue weighted by Gasteiger charge is 2.32. The average Bonchev–Trinajstić information content (AvgIpc) is 2.71. The van der Waals surface area contributed by atoms with Crippen LogP contribution in [0.3, 0.4) is 0 Å². The highest BCUT2D eigenvalue weighted by atomic mass is 35.5. The van der Waals surface area contributed by atoms with Crippen molar-refractivity contribution < 1.29 is 18.1 Å². The Bertz CT molecular complexity index is 883. The van der Waals surface area contributed by atoms with Crippen molar-refractivity contribution in [2.45, 2.75) is 11.8 Å². The van der Waals surface area contributed by atoms with Crippen LogP contribution < -0.4 is 4.90 Å². The first-order valence-corrected chi connectivity index (χ1v) is 12.5. The zero-order valence-electron chi connectivity index (χ0n) is 17.0. The number of hydrogen-bond donors (Lipinski definition) is 0. The first kappa shape index (κ1) is 24.6. The molecule has 1 aromatic carbocycles. The normalized spacial score (nSPS) is 15.3. The van der Waals surface area contributed by atoms with Crippen LogP contribution in [-0.4, -0.2) is 92.9 Å². The van der Waals surface area contributed by atoms with Crippen LogP contribution >= 0.6 is 23.2 Å². The number of likely N-dealkylation sites (N-methyl/N-ethyl adjacent to an activating group) is 1. The minimum Gasteiger partial charge on any atom is -0.368 e. The summed E-state index contributed by atoms with van der Waals surface area (Å²) >= 11 is 11.7. The van der Waals surface area contributed by atoms with Gasteiger partial charge in [0.15, 0.2) is 9.84 Å². The van der Waals surface area contributed by atoms with Gasteiger partial charge >= 0.3 is 0 Å². The lowest BCUT2D eigenvalue weighted by atomic mass is 10.1. The van der Waals surface area contributed by atoms with E-state index in [9.17, 15) is 23.3 Å². The van der Waals surface area contributed by atoms with E-state index >= 15 is 0 Å². The van der Waals surface area contributed by atoms with Crippen LogP contribution in [0.4, 0.5) is 11.4 Å². The fourth-order valence-corrected chi connectivity index (χ4v) is 4.72. The molecule has 12 heteroatoms. The number of rotatable bonds is 9. The Morgan fingerprint density at radius 3 is 2.17 bits per heavy atom. The molecule has 0 saturated carbocycles. The number of nitro groups is 1. The largest absolute Gasteiger partial charge is 0.368 e. The summed E-state index contributed by atoms with van der Waals surface area (Å²) in [5, 5.41) is 11.7. The van der Waals surface area contributed by atoms with E-state index in [0.29, 0.717) is 26.2 Å². The van der Waals surface area contributed by atoms with Crippen molar-refractivity contribution in [3.05, 3.63) is 27.8 Å². The first-order chi connectivity index (χ1) is 14.1. The highest BCUT2D eigenvalue weighted by molar-refractivity contribution is 7.90. The number of nitrogens with zero attached hydrogens (tertiary/aromatic N) is 4. The van der Waals surface area contributed by atoms with Gasteiger partial charge in [0, 0.05) is 63.4 Å². The third kappa shape index (κ3) is 5.75. The van der Waals surface area contributed by atoms with Crippen LogP contribution in [0.1, 0.15) is 17.3 Å². The highest BCUT2D eigenvalue weighted by Crippen LogP contribution is 2.34. The van der Waals surface area contributed by atoms with Crippen molar-refractivity contribution >= 4 is 50.3 Å². The third-order valence-electron chi connectivity index (χ3n) is 5.06. The van der Waals surface area contributed by atoms with Crippen LogP contribution in [-0.2, 0) is 9.84 Å². The summed E-state index contributed by atoms with van der Waals surface area (Å²) in [6.07, 6.45) is 0.973. The van der Waals surface area contributed by atoms with Gasteiger partial charge in [0.05, 0.1) is 15.5 Å². The number of halogens is 2. The predicted octanol–water partition coefficient (Wildman–Crippen LogP) is 2.06. The molecule has 0 radical (unpaired) electrons. The molecule has 0 aromatic heterocycles. The van der Waals surface area contributed by atoms with E-state index in [4.69, 9.17) is 23.2 Å². The van der Waals surface area contributed by atoms with Gasteiger partial charge in [0.25, 0.3) is 11.6 Å². The average molecular weight is 481 g/mol. The molecule has 0 atom stereocenters. The zero-order valence-corrected chi connectivity index (χ0v) is 19.3. The summed E-state index contributed by atoms with van der Waals surface area (Å²) in [5.74, 6) is -0.103. The lowest BCUT2D eigenvalue weighted by Gasteiger charge is -2.34. The number of carbonyl (C=O) groups is 1. The maximum absolute atomic E-state index is 13.2. The summed E-state index contributed by atoms with van der Waals surface area (Å²) < 4.78 is 24.8. The summed E-state index contributed by atoms with van der Waals surface area (Å²) in [4.78, 5) is 29.3. The molecule has 0 spiro atoms. The van der Waals surface area contributed by atoms with E-state index in [2.05, 4.69) is 4.90 Å². The Morgan fingerprint density at radius 1 is 1.17 bits per heavy atom. The molecule has 1 fully saturated rings. The lowest BCUT2D eigenvalue weighted by Crippen LogP contribution is -2.48. The molecule has 0 aliphatic carbocycles. The number of sulfone groups is 1. The molecular formula is C18H26Cl2N4O5S. The van der Waals surface area contributed by atoms with Crippen molar-refractivity contribution in [1.82, 2.24) is 9.80 Å². The molecule has 30 heavy (non-hydrogen) atoms. The molecule has 0 unspecified atom stereocenters. The van der Waals surface area contributed by atoms with Crippen LogP contribution in [0, 0.1) is 10.1 Å². The second-order valence-electron chi connectivity index (χ2n) is 6.96. The SMILES string of the molecule is CCN1CCN(C(=O)c2cc(N(CCCl)CCCl)c(S(C)(=O)=O)cc2[N+](=O)[O-])CC1. The van der Waals surface area contributed by atoms with Gasteiger partial charge in [-0.25, -0.2) is 8.42 Å². The number of alkyl halides is 2. The second kappa shape index (κ2) is 10.6. The molecule has 1 heterocycles. The molecule has 1 amide bonds. The molecule has 168 valence electrons. The third-order valence-corrected chi connectivity index (χ3v) is 6.52. The second-order valence-corrected chi connectivity index (χ2v) is 9.70. The minimum atomic E-state index is -3.81. The van der Waals surface area contributed by atoms with Gasteiger partial charge < -0.3 is 14.7 Å². The monoisotopic (exact) mass is 480 g/mol. The quantitative estimate of drug-likeness (QED) is 0.302. The number of hydrogen-bond acceptors (Lipinski definition) is 7. The first-order valence-electron chi connectivity index (χ1n) is 9.55. The minimum absolute atomic E-state index is 0.138. The van der Waals surface area contributed by atoms with Crippen molar-refractivity contribution in [2.24, 2.45) is 0 Å². The number of nitro benzene ring substituents is 1. The molecule has 9 nitrogen and oxygen atoms in total. The molecule has 1 aliphatic rings. The fraction of sp³-hybridized carbons (Fsp3) is 0.611. The van der Waals surface area contributed by atoms with Gasteiger partial charge in [-0.2, -0.15) is 0 Å². The number of anilines is 1. The van der Waals surface area contributed by atoms with E-state index in [1.807, 2.05) is 6.92 Å². The van der Waals surface area contributed by atoms with Gasteiger partial charge in [-0.3, -0.25) is 14.9 Å². The number of piperazine rings is 1. The van der Waals surface area contributed by atoms with E-state index in [0.717, 1.165) is 18.9 Å². The summed E-state index contributed by atoms with van der Waals surface area (Å²) in [7, 11) is -3.81. The van der Waals surface area contributed by atoms with Crippen molar-refractivity contribution in [1.29, 1.82) is 0 Å². The van der Waals surface area contributed by atoms with Gasteiger partial charge in [0.2, 0.25) is 0 Å². The van der Waals surface area contributed by atoms with E-state index in [-0.39, 0.29) is 41.0 Å². The van der Waals surface area contributed by atoms with Crippen molar-refractivity contribution in [3.63, 3.8) is 0 Å². The van der Waals surface area contributed by atoms with Crippen molar-refractivity contribution in [2.75, 3.05) is 68.7 Å². The van der Waals surface area contributed by atoms with Crippen LogP contribution in [0.25, 0.3) is 0 Å². The van der Waals surface area contributed by atoms with Gasteiger partial charge in [-0.1, -0.05) is 6.92 Å². The summed E-state index contributed by atoms with van der Waals surface area (Å²) in [5.41, 5.74) is -0.472. The van der Waals surface area contributed by atoms with Crippen molar-refractivity contribution in [3.8, 4) is 0 Å². The molecule has 1 saturated heterocycles. The van der Waals surface area contributed by atoms with Crippen LogP contribution in [0.2, 0.25) is 0 Å². The topological polar surface area (TPSA) is 104 Å². The molecule has 1 aromatic rings. The zero-order chi connectivity index (χ0) is 22.5. The Balaban J connectivity index is 2.59. The van der Waals surface area contributed by atoms with E-state index < -0.39 is 26.4 Å². The summed E-state index contributed by atoms with van der Waals surface area (Å²) in [6.45, 7) is 5.68. The maximum Gasteiger partial charge on any atom is 0.283 e. The van der Waals surface area contributed by atoms with Gasteiger partial charge in [0.1, 0.15) is 5.56 Å². The maximum atomic E-state index is 13.2. The lowest BCUT2D eigenvalue weighted by molar-refractivity contribution is -0.385. The van der Waals surface area contributed by atoms with E-state index in [1.54, 1.807) is 9.80 Å².